The number of hydrogen-bond acceptors (Lipinski definition) is 0. The molecule has 5 aromatic rings. The lowest BCUT2D eigenvalue weighted by atomic mass is 10.3. The van der Waals surface area contributed by atoms with E-state index in [0.29, 0.717) is 20.7 Å². The molecule has 0 radical (unpaired) electrons. The van der Waals surface area contributed by atoms with Gasteiger partial charge in [-0.1, -0.05) is 142 Å². The van der Waals surface area contributed by atoms with Crippen LogP contribution in [-0.4, -0.2) is 17.6 Å². The van der Waals surface area contributed by atoms with E-state index in [9.17, 15) is 0 Å². The van der Waals surface area contributed by atoms with Crippen molar-refractivity contribution < 1.29 is 17.6 Å². The van der Waals surface area contributed by atoms with Gasteiger partial charge in [-0.15, -0.1) is 0 Å². The molecule has 178 valence electrons. The Morgan fingerprint density at radius 2 is 0.500 bits per heavy atom. The van der Waals surface area contributed by atoms with E-state index in [-0.39, 0.29) is 0 Å². The molecule has 0 saturated heterocycles. The first kappa shape index (κ1) is 24.0. The molecule has 0 amide bonds. The Labute approximate surface area is 210 Å². The van der Waals surface area contributed by atoms with Gasteiger partial charge in [-0.25, -0.2) is 17.6 Å². The molecule has 0 bridgehead atoms. The van der Waals surface area contributed by atoms with Crippen LogP contribution < -0.4 is 31.1 Å². The van der Waals surface area contributed by atoms with Gasteiger partial charge in [0.1, 0.15) is 17.6 Å². The summed E-state index contributed by atoms with van der Waals surface area (Å²) in [5.41, 5.74) is 0. The van der Waals surface area contributed by atoms with Crippen LogP contribution in [0.4, 0.5) is 17.6 Å². The smallest absolute Gasteiger partial charge is 0.161 e. The van der Waals surface area contributed by atoms with Crippen LogP contribution >= 0.6 is 0 Å². The maximum Gasteiger partial charge on any atom is 0.161 e. The second-order valence-corrected chi connectivity index (χ2v) is 14.1. The SMILES string of the molecule is Fc1c(F)c([SiH](c2ccccc2)c2ccccc2)c(F)c(F)c1[SiH](c1ccccc1)c1ccccc1. The van der Waals surface area contributed by atoms with Crippen molar-refractivity contribution in [3.05, 3.63) is 145 Å². The molecule has 0 nitrogen and oxygen atoms in total. The van der Waals surface area contributed by atoms with Crippen LogP contribution in [0.15, 0.2) is 121 Å². The van der Waals surface area contributed by atoms with Gasteiger partial charge in [-0.2, -0.15) is 0 Å². The number of rotatable bonds is 6. The van der Waals surface area contributed by atoms with Crippen LogP contribution in [0.25, 0.3) is 0 Å². The third kappa shape index (κ3) is 4.45. The molecule has 0 atom stereocenters. The summed E-state index contributed by atoms with van der Waals surface area (Å²) >= 11 is 0. The fourth-order valence-corrected chi connectivity index (χ4v) is 10.9. The van der Waals surface area contributed by atoms with Crippen LogP contribution in [0.2, 0.25) is 0 Å². The highest BCUT2D eigenvalue weighted by atomic mass is 28.3. The molecule has 0 fully saturated rings. The Bertz CT molecular complexity index is 1240. The van der Waals surface area contributed by atoms with Gasteiger partial charge < -0.3 is 0 Å². The summed E-state index contributed by atoms with van der Waals surface area (Å²) in [6.45, 7) is 0. The van der Waals surface area contributed by atoms with Gasteiger partial charge in [-0.3, -0.25) is 0 Å². The van der Waals surface area contributed by atoms with Crippen molar-refractivity contribution in [2.24, 2.45) is 0 Å². The largest absolute Gasteiger partial charge is 0.204 e. The van der Waals surface area contributed by atoms with E-state index in [4.69, 9.17) is 0 Å². The zero-order chi connectivity index (χ0) is 25.1. The molecule has 0 aliphatic heterocycles. The Balaban J connectivity index is 1.77. The average molecular weight is 515 g/mol. The molecular formula is C30H22F4Si2. The van der Waals surface area contributed by atoms with E-state index < -0.39 is 51.2 Å². The van der Waals surface area contributed by atoms with Crippen LogP contribution in [-0.2, 0) is 0 Å². The monoisotopic (exact) mass is 514 g/mol. The summed E-state index contributed by atoms with van der Waals surface area (Å²) in [6.07, 6.45) is 0. The van der Waals surface area contributed by atoms with Gasteiger partial charge in [0.05, 0.1) is 0 Å². The van der Waals surface area contributed by atoms with Crippen LogP contribution in [0, 0.1) is 23.3 Å². The van der Waals surface area contributed by atoms with Gasteiger partial charge in [0, 0.05) is 10.4 Å². The second-order valence-electron chi connectivity index (χ2n) is 8.59. The third-order valence-electron chi connectivity index (χ3n) is 6.44. The highest BCUT2D eigenvalue weighted by molar-refractivity contribution is 6.97. The quantitative estimate of drug-likeness (QED) is 0.142. The lowest BCUT2D eigenvalue weighted by Crippen LogP contribution is -2.59. The molecule has 5 aromatic carbocycles. The predicted molar refractivity (Wildman–Crippen MR) is 144 cm³/mol. The molecule has 0 heterocycles. The molecular weight excluding hydrogens is 492 g/mol. The van der Waals surface area contributed by atoms with Crippen molar-refractivity contribution in [3.63, 3.8) is 0 Å². The molecule has 5 rings (SSSR count). The van der Waals surface area contributed by atoms with Gasteiger partial charge in [0.2, 0.25) is 0 Å². The van der Waals surface area contributed by atoms with Crippen molar-refractivity contribution in [2.45, 2.75) is 0 Å². The third-order valence-corrected chi connectivity index (χ3v) is 12.8. The summed E-state index contributed by atoms with van der Waals surface area (Å²) in [5, 5.41) is 1.72. The lowest BCUT2D eigenvalue weighted by Gasteiger charge is -2.23. The summed E-state index contributed by atoms with van der Waals surface area (Å²) in [5.74, 6) is -5.18. The molecule has 0 saturated carbocycles. The lowest BCUT2D eigenvalue weighted by molar-refractivity contribution is 0.472. The van der Waals surface area contributed by atoms with Crippen molar-refractivity contribution in [1.29, 1.82) is 0 Å². The maximum atomic E-state index is 16.0. The number of halogens is 4. The summed E-state index contributed by atoms with van der Waals surface area (Å²) in [6, 6.07) is 35.4. The zero-order valence-electron chi connectivity index (χ0n) is 19.2. The van der Waals surface area contributed by atoms with E-state index in [2.05, 4.69) is 0 Å². The van der Waals surface area contributed by atoms with Crippen molar-refractivity contribution >= 4 is 48.7 Å². The molecule has 0 aromatic heterocycles. The average Bonchev–Trinajstić information content (AvgIpc) is 2.94. The Kier molecular flexibility index (Phi) is 6.98. The zero-order valence-corrected chi connectivity index (χ0v) is 21.5. The first-order valence-corrected chi connectivity index (χ1v) is 15.1. The fraction of sp³-hybridized carbons (Fsp3) is 0. The summed E-state index contributed by atoms with van der Waals surface area (Å²) in [7, 11) is -5.72. The highest BCUT2D eigenvalue weighted by Crippen LogP contribution is 2.13. The molecule has 0 aliphatic rings. The maximum absolute atomic E-state index is 16.0. The minimum absolute atomic E-state index is 0.486. The minimum Gasteiger partial charge on any atom is -0.204 e. The van der Waals surface area contributed by atoms with Gasteiger partial charge in [0.15, 0.2) is 23.3 Å². The molecule has 6 heteroatoms. The molecule has 0 spiro atoms. The van der Waals surface area contributed by atoms with Crippen molar-refractivity contribution in [1.82, 2.24) is 0 Å². The first-order valence-electron chi connectivity index (χ1n) is 11.6. The highest BCUT2D eigenvalue weighted by Gasteiger charge is 2.36. The molecule has 36 heavy (non-hydrogen) atoms. The first-order chi connectivity index (χ1) is 17.6. The van der Waals surface area contributed by atoms with Crippen LogP contribution in [0.5, 0.6) is 0 Å². The normalized spacial score (nSPS) is 11.3. The van der Waals surface area contributed by atoms with Gasteiger partial charge >= 0.3 is 0 Å². The van der Waals surface area contributed by atoms with E-state index in [1.54, 1.807) is 121 Å². The van der Waals surface area contributed by atoms with Crippen LogP contribution in [0.3, 0.4) is 0 Å². The summed E-state index contributed by atoms with van der Waals surface area (Å²) in [4.78, 5) is 0. The van der Waals surface area contributed by atoms with E-state index >= 15 is 17.6 Å². The second kappa shape index (κ2) is 10.5. The van der Waals surface area contributed by atoms with E-state index in [0.717, 1.165) is 0 Å². The number of hydrogen-bond donors (Lipinski definition) is 0. The minimum atomic E-state index is -2.86. The van der Waals surface area contributed by atoms with Crippen molar-refractivity contribution in [2.75, 3.05) is 0 Å². The number of benzene rings is 5. The van der Waals surface area contributed by atoms with Gasteiger partial charge in [-0.05, 0) is 0 Å². The topological polar surface area (TPSA) is 0 Å². The predicted octanol–water partition coefficient (Wildman–Crippen LogP) is 2.74. The Morgan fingerprint density at radius 3 is 0.694 bits per heavy atom. The summed E-state index contributed by atoms with van der Waals surface area (Å²) < 4.78 is 64.0. The van der Waals surface area contributed by atoms with E-state index in [1.807, 2.05) is 0 Å². The fourth-order valence-electron chi connectivity index (χ4n) is 4.81. The van der Waals surface area contributed by atoms with Crippen LogP contribution in [0.1, 0.15) is 0 Å². The molecule has 0 unspecified atom stereocenters. The standard InChI is InChI=1S/C30H22F4Si2/c31-25-27(33)30(36(23-17-9-3-10-18-23)24-19-11-4-12-20-24)28(34)26(32)29(25)35(21-13-5-1-6-14-21)22-15-7-2-8-16-22/h1-20,35-36H. The molecule has 0 N–H and O–H groups in total. The Morgan fingerprint density at radius 1 is 0.306 bits per heavy atom. The Hall–Kier alpha value is -3.75. The van der Waals surface area contributed by atoms with Crippen molar-refractivity contribution in [3.8, 4) is 0 Å². The molecule has 0 aliphatic carbocycles. The van der Waals surface area contributed by atoms with Gasteiger partial charge in [0.25, 0.3) is 0 Å². The van der Waals surface area contributed by atoms with E-state index in [1.165, 1.54) is 0 Å².